The van der Waals surface area contributed by atoms with E-state index in [-0.39, 0.29) is 11.9 Å². The summed E-state index contributed by atoms with van der Waals surface area (Å²) in [4.78, 5) is 0. The van der Waals surface area contributed by atoms with Gasteiger partial charge in [0.2, 0.25) is 0 Å². The van der Waals surface area contributed by atoms with E-state index in [0.717, 1.165) is 5.56 Å². The van der Waals surface area contributed by atoms with Gasteiger partial charge in [-0.25, -0.2) is 4.39 Å². The molecule has 0 amide bonds. The Kier molecular flexibility index (Phi) is 4.90. The normalized spacial score (nSPS) is 15.1. The van der Waals surface area contributed by atoms with Crippen LogP contribution >= 0.6 is 0 Å². The molecule has 0 aromatic heterocycles. The van der Waals surface area contributed by atoms with Crippen LogP contribution in [-0.2, 0) is 0 Å². The lowest BCUT2D eigenvalue weighted by Crippen LogP contribution is -2.33. The monoisotopic (exact) mass is 224 g/mol. The molecule has 16 heavy (non-hydrogen) atoms. The van der Waals surface area contributed by atoms with E-state index < -0.39 is 0 Å². The Labute approximate surface area is 97.0 Å². The maximum atomic E-state index is 12.9. The van der Waals surface area contributed by atoms with Gasteiger partial charge in [0.05, 0.1) is 0 Å². The molecule has 2 atom stereocenters. The number of hydrogen-bond donors (Lipinski definition) is 2. The molecular weight excluding hydrogens is 203 g/mol. The van der Waals surface area contributed by atoms with Crippen LogP contribution in [0, 0.1) is 17.7 Å². The Morgan fingerprint density at radius 3 is 2.19 bits per heavy atom. The minimum atomic E-state index is -0.201. The van der Waals surface area contributed by atoms with Crippen molar-refractivity contribution in [1.82, 2.24) is 5.32 Å². The van der Waals surface area contributed by atoms with Crippen molar-refractivity contribution in [3.8, 4) is 0 Å². The molecule has 0 aliphatic heterocycles. The summed E-state index contributed by atoms with van der Waals surface area (Å²) in [5, 5.41) is 3.27. The third-order valence-electron chi connectivity index (χ3n) is 3.10. The summed E-state index contributed by atoms with van der Waals surface area (Å²) in [6.45, 7) is 4.94. The van der Waals surface area contributed by atoms with E-state index in [0.29, 0.717) is 18.4 Å². The Morgan fingerprint density at radius 1 is 1.25 bits per heavy atom. The molecule has 1 rings (SSSR count). The number of benzene rings is 1. The van der Waals surface area contributed by atoms with Crippen LogP contribution in [0.2, 0.25) is 0 Å². The summed E-state index contributed by atoms with van der Waals surface area (Å²) in [7, 11) is 1.92. The lowest BCUT2D eigenvalue weighted by Gasteiger charge is -2.29. The highest BCUT2D eigenvalue weighted by Crippen LogP contribution is 2.27. The van der Waals surface area contributed by atoms with Gasteiger partial charge in [0.15, 0.2) is 0 Å². The van der Waals surface area contributed by atoms with E-state index in [4.69, 9.17) is 5.73 Å². The van der Waals surface area contributed by atoms with Gasteiger partial charge in [-0.05, 0) is 43.1 Å². The first-order valence-electron chi connectivity index (χ1n) is 5.73. The molecule has 0 aliphatic rings. The van der Waals surface area contributed by atoms with Crippen LogP contribution in [0.4, 0.5) is 4.39 Å². The van der Waals surface area contributed by atoms with Gasteiger partial charge in [0.25, 0.3) is 0 Å². The third kappa shape index (κ3) is 3.03. The van der Waals surface area contributed by atoms with Crippen molar-refractivity contribution in [3.63, 3.8) is 0 Å². The average Bonchev–Trinajstić information content (AvgIpc) is 2.26. The molecule has 0 heterocycles. The van der Waals surface area contributed by atoms with Gasteiger partial charge in [0.1, 0.15) is 5.82 Å². The second kappa shape index (κ2) is 5.97. The molecular formula is C13H21FN2. The molecule has 0 fully saturated rings. The minimum absolute atomic E-state index is 0.186. The maximum Gasteiger partial charge on any atom is 0.123 e. The van der Waals surface area contributed by atoms with Crippen molar-refractivity contribution in [2.24, 2.45) is 17.6 Å². The highest BCUT2D eigenvalue weighted by atomic mass is 19.1. The van der Waals surface area contributed by atoms with Crippen LogP contribution in [0.5, 0.6) is 0 Å². The number of halogens is 1. The van der Waals surface area contributed by atoms with Gasteiger partial charge in [-0.2, -0.15) is 0 Å². The summed E-state index contributed by atoms with van der Waals surface area (Å²) in [6.07, 6.45) is 0. The van der Waals surface area contributed by atoms with Gasteiger partial charge in [-0.3, -0.25) is 0 Å². The molecule has 3 heteroatoms. The van der Waals surface area contributed by atoms with Crippen LogP contribution in [0.25, 0.3) is 0 Å². The van der Waals surface area contributed by atoms with E-state index in [1.54, 1.807) is 0 Å². The van der Waals surface area contributed by atoms with Crippen molar-refractivity contribution < 1.29 is 4.39 Å². The van der Waals surface area contributed by atoms with E-state index in [2.05, 4.69) is 19.2 Å². The second-order valence-corrected chi connectivity index (χ2v) is 4.46. The predicted octanol–water partition coefficient (Wildman–Crippen LogP) is 2.32. The van der Waals surface area contributed by atoms with Gasteiger partial charge in [-0.15, -0.1) is 0 Å². The molecule has 90 valence electrons. The summed E-state index contributed by atoms with van der Waals surface area (Å²) in [5.41, 5.74) is 6.89. The topological polar surface area (TPSA) is 38.0 Å². The fourth-order valence-corrected chi connectivity index (χ4v) is 2.09. The third-order valence-corrected chi connectivity index (χ3v) is 3.10. The quantitative estimate of drug-likeness (QED) is 0.805. The molecule has 0 radical (unpaired) electrons. The Morgan fingerprint density at radius 2 is 1.81 bits per heavy atom. The van der Waals surface area contributed by atoms with Crippen LogP contribution in [0.3, 0.4) is 0 Å². The van der Waals surface area contributed by atoms with Crippen molar-refractivity contribution in [3.05, 3.63) is 35.6 Å². The fourth-order valence-electron chi connectivity index (χ4n) is 2.09. The largest absolute Gasteiger partial charge is 0.330 e. The summed E-state index contributed by atoms with van der Waals surface area (Å²) < 4.78 is 12.9. The van der Waals surface area contributed by atoms with Crippen LogP contribution in [0.1, 0.15) is 25.5 Å². The highest BCUT2D eigenvalue weighted by Gasteiger charge is 2.23. The van der Waals surface area contributed by atoms with Gasteiger partial charge < -0.3 is 11.1 Å². The molecule has 3 N–H and O–H groups in total. The van der Waals surface area contributed by atoms with E-state index in [1.165, 1.54) is 12.1 Å². The number of rotatable bonds is 5. The number of hydrogen-bond acceptors (Lipinski definition) is 2. The molecule has 0 bridgehead atoms. The molecule has 0 saturated heterocycles. The highest BCUT2D eigenvalue weighted by molar-refractivity contribution is 5.20. The van der Waals surface area contributed by atoms with Crippen molar-refractivity contribution >= 4 is 0 Å². The summed E-state index contributed by atoms with van der Waals surface area (Å²) >= 11 is 0. The van der Waals surface area contributed by atoms with Crippen LogP contribution < -0.4 is 11.1 Å². The first kappa shape index (κ1) is 13.1. The van der Waals surface area contributed by atoms with Crippen LogP contribution in [0.15, 0.2) is 24.3 Å². The fraction of sp³-hybridized carbons (Fsp3) is 0.538. The molecule has 0 spiro atoms. The standard InChI is InChI=1S/C13H21FN2/c1-9(2)12(8-15)13(16-3)10-4-6-11(14)7-5-10/h4-7,9,12-13,16H,8,15H2,1-3H3. The SMILES string of the molecule is CNC(c1ccc(F)cc1)C(CN)C(C)C. The van der Waals surface area contributed by atoms with Crippen molar-refractivity contribution in [2.45, 2.75) is 19.9 Å². The van der Waals surface area contributed by atoms with E-state index in [1.807, 2.05) is 19.2 Å². The molecule has 1 aromatic carbocycles. The van der Waals surface area contributed by atoms with Gasteiger partial charge >= 0.3 is 0 Å². The van der Waals surface area contributed by atoms with E-state index in [9.17, 15) is 4.39 Å². The zero-order valence-corrected chi connectivity index (χ0v) is 10.2. The van der Waals surface area contributed by atoms with Gasteiger partial charge in [0, 0.05) is 6.04 Å². The lowest BCUT2D eigenvalue weighted by atomic mass is 9.84. The number of nitrogens with one attached hydrogen (secondary N) is 1. The Hall–Kier alpha value is -0.930. The van der Waals surface area contributed by atoms with E-state index >= 15 is 0 Å². The number of nitrogens with two attached hydrogens (primary N) is 1. The lowest BCUT2D eigenvalue weighted by molar-refractivity contribution is 0.299. The van der Waals surface area contributed by atoms with Crippen LogP contribution in [-0.4, -0.2) is 13.6 Å². The maximum absolute atomic E-state index is 12.9. The molecule has 2 nitrogen and oxygen atoms in total. The smallest absolute Gasteiger partial charge is 0.123 e. The second-order valence-electron chi connectivity index (χ2n) is 4.46. The Bertz CT molecular complexity index is 308. The summed E-state index contributed by atoms with van der Waals surface area (Å²) in [5.74, 6) is 0.649. The zero-order chi connectivity index (χ0) is 12.1. The molecule has 2 unspecified atom stereocenters. The first-order valence-corrected chi connectivity index (χ1v) is 5.73. The first-order chi connectivity index (χ1) is 7.60. The molecule has 1 aromatic rings. The minimum Gasteiger partial charge on any atom is -0.330 e. The van der Waals surface area contributed by atoms with Gasteiger partial charge in [-0.1, -0.05) is 26.0 Å². The molecule has 0 aliphatic carbocycles. The Balaban J connectivity index is 2.92. The predicted molar refractivity (Wildman–Crippen MR) is 65.6 cm³/mol. The molecule has 0 saturated carbocycles. The van der Waals surface area contributed by atoms with Crippen molar-refractivity contribution in [1.29, 1.82) is 0 Å². The van der Waals surface area contributed by atoms with Crippen molar-refractivity contribution in [2.75, 3.05) is 13.6 Å². The average molecular weight is 224 g/mol. The zero-order valence-electron chi connectivity index (χ0n) is 10.2. The summed E-state index contributed by atoms with van der Waals surface area (Å²) in [6, 6.07) is 6.81.